The molecule has 0 aliphatic heterocycles. The minimum Gasteiger partial charge on any atom is -0.330 e. The molecule has 0 saturated heterocycles. The molecule has 1 atom stereocenters. The van der Waals surface area contributed by atoms with Crippen LogP contribution in [0.15, 0.2) is 77.7 Å². The van der Waals surface area contributed by atoms with Gasteiger partial charge in [0.1, 0.15) is 0 Å². The van der Waals surface area contributed by atoms with Crippen molar-refractivity contribution in [1.82, 2.24) is 10.0 Å². The Hall–Kier alpha value is -3.67. The Morgan fingerprint density at radius 1 is 1.00 bits per heavy atom. The molecule has 164 valence electrons. The van der Waals surface area contributed by atoms with Gasteiger partial charge in [-0.1, -0.05) is 54.1 Å². The van der Waals surface area contributed by atoms with E-state index < -0.39 is 22.1 Å². The molecule has 0 saturated carbocycles. The van der Waals surface area contributed by atoms with E-state index in [-0.39, 0.29) is 11.4 Å². The first-order valence-electron chi connectivity index (χ1n) is 9.98. The number of sulfonamides is 1. The van der Waals surface area contributed by atoms with E-state index in [0.717, 1.165) is 11.1 Å². The fourth-order valence-electron chi connectivity index (χ4n) is 3.30. The topological polar surface area (TPSA) is 111 Å². The van der Waals surface area contributed by atoms with Crippen molar-refractivity contribution in [2.75, 3.05) is 11.9 Å². The summed E-state index contributed by atoms with van der Waals surface area (Å²) >= 11 is 0. The molecule has 0 aliphatic rings. The summed E-state index contributed by atoms with van der Waals surface area (Å²) in [7, 11) is -3.77. The van der Waals surface area contributed by atoms with E-state index in [1.165, 1.54) is 0 Å². The molecular formula is C24H24N4O3S. The van der Waals surface area contributed by atoms with Gasteiger partial charge in [0.05, 0.1) is 22.6 Å². The van der Waals surface area contributed by atoms with Crippen molar-refractivity contribution in [3.8, 4) is 6.07 Å². The quantitative estimate of drug-likeness (QED) is 0.507. The Kier molecular flexibility index (Phi) is 7.25. The van der Waals surface area contributed by atoms with Crippen LogP contribution < -0.4 is 15.4 Å². The molecule has 0 aromatic heterocycles. The van der Waals surface area contributed by atoms with Crippen LogP contribution in [0.1, 0.15) is 28.3 Å². The lowest BCUT2D eigenvalue weighted by atomic mass is 10.1. The van der Waals surface area contributed by atoms with Gasteiger partial charge in [0.15, 0.2) is 0 Å². The van der Waals surface area contributed by atoms with Crippen LogP contribution in [0.4, 0.5) is 10.5 Å². The van der Waals surface area contributed by atoms with Crippen molar-refractivity contribution in [2.45, 2.75) is 24.8 Å². The molecule has 0 heterocycles. The van der Waals surface area contributed by atoms with E-state index in [1.807, 2.05) is 49.4 Å². The zero-order chi connectivity index (χ0) is 23.1. The van der Waals surface area contributed by atoms with Crippen molar-refractivity contribution in [3.63, 3.8) is 0 Å². The minimum atomic E-state index is -3.77. The second-order valence-corrected chi connectivity index (χ2v) is 9.11. The molecule has 2 amide bonds. The summed E-state index contributed by atoms with van der Waals surface area (Å²) in [5.41, 5.74) is 3.25. The number of urea groups is 1. The number of nitriles is 1. The molecule has 7 nitrogen and oxygen atoms in total. The molecule has 0 aliphatic carbocycles. The predicted molar refractivity (Wildman–Crippen MR) is 124 cm³/mol. The highest BCUT2D eigenvalue weighted by atomic mass is 32.2. The minimum absolute atomic E-state index is 0.0364. The number of carbonyl (C=O) groups is 1. The number of aryl methyl sites for hydroxylation is 2. The highest BCUT2D eigenvalue weighted by Crippen LogP contribution is 2.18. The standard InChI is InChI=1S/C24H24N4O3S/c1-17-11-12-23(18(2)13-17)32(30,31)26-16-22(20-8-4-3-5-9-20)28-24(29)27-21-10-6-7-19(14-21)15-25/h3-14,22,26H,16H2,1-2H3,(H2,27,28,29)/t22-/m1/s1. The van der Waals surface area contributed by atoms with Gasteiger partial charge in [-0.2, -0.15) is 5.26 Å². The second-order valence-electron chi connectivity index (χ2n) is 7.38. The summed E-state index contributed by atoms with van der Waals surface area (Å²) in [5, 5.41) is 14.5. The van der Waals surface area contributed by atoms with Crippen LogP contribution in [0, 0.1) is 25.2 Å². The lowest BCUT2D eigenvalue weighted by Crippen LogP contribution is -2.39. The predicted octanol–water partition coefficient (Wildman–Crippen LogP) is 4.02. The zero-order valence-corrected chi connectivity index (χ0v) is 18.6. The fraction of sp³-hybridized carbons (Fsp3) is 0.167. The third-order valence-electron chi connectivity index (χ3n) is 4.85. The van der Waals surface area contributed by atoms with E-state index in [1.54, 1.807) is 43.3 Å². The van der Waals surface area contributed by atoms with E-state index in [2.05, 4.69) is 15.4 Å². The van der Waals surface area contributed by atoms with Crippen molar-refractivity contribution >= 4 is 21.7 Å². The monoisotopic (exact) mass is 448 g/mol. The maximum absolute atomic E-state index is 12.9. The normalized spacial score (nSPS) is 11.9. The molecule has 3 aromatic carbocycles. The number of benzene rings is 3. The number of hydrogen-bond donors (Lipinski definition) is 3. The van der Waals surface area contributed by atoms with Crippen LogP contribution >= 0.6 is 0 Å². The van der Waals surface area contributed by atoms with Gasteiger partial charge in [-0.15, -0.1) is 0 Å². The highest BCUT2D eigenvalue weighted by Gasteiger charge is 2.21. The van der Waals surface area contributed by atoms with Crippen molar-refractivity contribution in [1.29, 1.82) is 5.26 Å². The van der Waals surface area contributed by atoms with Crippen LogP contribution in [-0.4, -0.2) is 21.0 Å². The summed E-state index contributed by atoms with van der Waals surface area (Å²) in [4.78, 5) is 12.8. The third kappa shape index (κ3) is 5.94. The molecular weight excluding hydrogens is 424 g/mol. The number of rotatable bonds is 7. The fourth-order valence-corrected chi connectivity index (χ4v) is 4.57. The summed E-state index contributed by atoms with van der Waals surface area (Å²) < 4.78 is 28.4. The molecule has 8 heteroatoms. The Morgan fingerprint density at radius 2 is 1.75 bits per heavy atom. The van der Waals surface area contributed by atoms with Gasteiger partial charge >= 0.3 is 6.03 Å². The molecule has 0 unspecified atom stereocenters. The average Bonchev–Trinajstić information content (AvgIpc) is 2.77. The first-order chi connectivity index (χ1) is 15.3. The molecule has 0 spiro atoms. The maximum atomic E-state index is 12.9. The van der Waals surface area contributed by atoms with E-state index in [9.17, 15) is 13.2 Å². The Morgan fingerprint density at radius 3 is 2.44 bits per heavy atom. The molecule has 3 N–H and O–H groups in total. The van der Waals surface area contributed by atoms with Crippen molar-refractivity contribution < 1.29 is 13.2 Å². The number of nitrogens with zero attached hydrogens (tertiary/aromatic N) is 1. The smallest absolute Gasteiger partial charge is 0.319 e. The molecule has 3 aromatic rings. The Bertz CT molecular complexity index is 1250. The molecule has 0 radical (unpaired) electrons. The number of nitrogens with one attached hydrogen (secondary N) is 3. The van der Waals surface area contributed by atoms with Crippen LogP contribution in [0.3, 0.4) is 0 Å². The Balaban J connectivity index is 1.76. The summed E-state index contributed by atoms with van der Waals surface area (Å²) in [6.45, 7) is 3.61. The Labute approximate surface area is 188 Å². The van der Waals surface area contributed by atoms with Gasteiger partial charge in [-0.05, 0) is 49.2 Å². The van der Waals surface area contributed by atoms with Gasteiger partial charge in [-0.3, -0.25) is 0 Å². The second kappa shape index (κ2) is 10.1. The number of carbonyl (C=O) groups excluding carboxylic acids is 1. The van der Waals surface area contributed by atoms with E-state index in [4.69, 9.17) is 5.26 Å². The van der Waals surface area contributed by atoms with Crippen LogP contribution in [0.5, 0.6) is 0 Å². The van der Waals surface area contributed by atoms with Gasteiger partial charge in [0, 0.05) is 12.2 Å². The summed E-state index contributed by atoms with van der Waals surface area (Å²) in [6, 6.07) is 21.6. The van der Waals surface area contributed by atoms with E-state index >= 15 is 0 Å². The van der Waals surface area contributed by atoms with Gasteiger partial charge < -0.3 is 10.6 Å². The summed E-state index contributed by atoms with van der Waals surface area (Å²) in [6.07, 6.45) is 0. The number of anilines is 1. The highest BCUT2D eigenvalue weighted by molar-refractivity contribution is 7.89. The largest absolute Gasteiger partial charge is 0.330 e. The zero-order valence-electron chi connectivity index (χ0n) is 17.8. The van der Waals surface area contributed by atoms with Crippen molar-refractivity contribution in [2.24, 2.45) is 0 Å². The first kappa shape index (κ1) is 23.0. The van der Waals surface area contributed by atoms with Crippen LogP contribution in [0.2, 0.25) is 0 Å². The molecule has 32 heavy (non-hydrogen) atoms. The van der Waals surface area contributed by atoms with Crippen molar-refractivity contribution in [3.05, 3.63) is 95.1 Å². The van der Waals surface area contributed by atoms with E-state index in [0.29, 0.717) is 16.8 Å². The third-order valence-corrected chi connectivity index (χ3v) is 6.44. The average molecular weight is 449 g/mol. The SMILES string of the molecule is Cc1ccc(S(=O)(=O)NC[C@@H](NC(=O)Nc2cccc(C#N)c2)c2ccccc2)c(C)c1. The first-order valence-corrected chi connectivity index (χ1v) is 11.5. The maximum Gasteiger partial charge on any atom is 0.319 e. The number of hydrogen-bond acceptors (Lipinski definition) is 4. The lowest BCUT2D eigenvalue weighted by molar-refractivity contribution is 0.248. The number of amides is 2. The lowest BCUT2D eigenvalue weighted by Gasteiger charge is -2.21. The molecule has 0 bridgehead atoms. The summed E-state index contributed by atoms with van der Waals surface area (Å²) in [5.74, 6) is 0. The molecule has 3 rings (SSSR count). The van der Waals surface area contributed by atoms with Crippen LogP contribution in [-0.2, 0) is 10.0 Å². The van der Waals surface area contributed by atoms with Gasteiger partial charge in [0.25, 0.3) is 0 Å². The molecule has 0 fully saturated rings. The van der Waals surface area contributed by atoms with Gasteiger partial charge in [0.2, 0.25) is 10.0 Å². The van der Waals surface area contributed by atoms with Gasteiger partial charge in [-0.25, -0.2) is 17.9 Å². The van der Waals surface area contributed by atoms with Crippen LogP contribution in [0.25, 0.3) is 0 Å².